The second-order valence-electron chi connectivity index (χ2n) is 8.32. The fraction of sp³-hybridized carbons (Fsp3) is 0.737. The highest BCUT2D eigenvalue weighted by molar-refractivity contribution is 8.01. The van der Waals surface area contributed by atoms with E-state index in [9.17, 15) is 24.0 Å². The van der Waals surface area contributed by atoms with Crippen molar-refractivity contribution in [2.24, 2.45) is 0 Å². The molecule has 0 aromatic heterocycles. The molecule has 1 spiro atoms. The first-order chi connectivity index (χ1) is 13.8. The Kier molecular flexibility index (Phi) is 5.08. The highest BCUT2D eigenvalue weighted by Crippen LogP contribution is 2.47. The van der Waals surface area contributed by atoms with Gasteiger partial charge in [0.15, 0.2) is 6.61 Å². The number of esters is 1. The van der Waals surface area contributed by atoms with Gasteiger partial charge in [0.1, 0.15) is 18.1 Å². The Morgan fingerprint density at radius 1 is 1.17 bits per heavy atom. The lowest BCUT2D eigenvalue weighted by Gasteiger charge is -2.47. The molecule has 4 aliphatic rings. The number of thioether (sulfide) groups is 1. The molecule has 1 saturated carbocycles. The standard InChI is InChI=1S/C19H25N3O6S/c1-18-8-5-14(24)22(18)12(11-29-18)16(26)28-10-15(25)21-9-13(23)20-17(27)19(21)6-3-2-4-7-19/h12H,2-11H2,1H3,(H,20,23,27)/t12-,18-/m0/s1. The summed E-state index contributed by atoms with van der Waals surface area (Å²) >= 11 is 1.55. The van der Waals surface area contributed by atoms with Crippen LogP contribution in [0.4, 0.5) is 0 Å². The van der Waals surface area contributed by atoms with Crippen molar-refractivity contribution in [2.75, 3.05) is 18.9 Å². The predicted molar refractivity (Wildman–Crippen MR) is 102 cm³/mol. The largest absolute Gasteiger partial charge is 0.454 e. The van der Waals surface area contributed by atoms with Crippen LogP contribution in [0.1, 0.15) is 51.9 Å². The molecule has 1 aliphatic carbocycles. The van der Waals surface area contributed by atoms with Crippen LogP contribution in [0.25, 0.3) is 0 Å². The first-order valence-electron chi connectivity index (χ1n) is 10.0. The van der Waals surface area contributed by atoms with Crippen molar-refractivity contribution < 1.29 is 28.7 Å². The summed E-state index contributed by atoms with van der Waals surface area (Å²) in [5, 5.41) is 2.34. The number of imide groups is 1. The molecule has 29 heavy (non-hydrogen) atoms. The molecule has 158 valence electrons. The number of rotatable bonds is 3. The van der Waals surface area contributed by atoms with Crippen LogP contribution in [0.15, 0.2) is 0 Å². The van der Waals surface area contributed by atoms with Crippen molar-refractivity contribution >= 4 is 41.4 Å². The second-order valence-corrected chi connectivity index (χ2v) is 9.82. The summed E-state index contributed by atoms with van der Waals surface area (Å²) in [6.07, 6.45) is 4.63. The van der Waals surface area contributed by atoms with Crippen molar-refractivity contribution in [1.82, 2.24) is 15.1 Å². The Hall–Kier alpha value is -2.10. The van der Waals surface area contributed by atoms with Crippen molar-refractivity contribution in [3.8, 4) is 0 Å². The van der Waals surface area contributed by atoms with Crippen LogP contribution in [0.3, 0.4) is 0 Å². The van der Waals surface area contributed by atoms with Gasteiger partial charge in [-0.3, -0.25) is 24.5 Å². The molecule has 1 N–H and O–H groups in total. The monoisotopic (exact) mass is 423 g/mol. The van der Waals surface area contributed by atoms with Gasteiger partial charge in [0.2, 0.25) is 11.8 Å². The fourth-order valence-corrected chi connectivity index (χ4v) is 6.38. The minimum atomic E-state index is -1.04. The lowest BCUT2D eigenvalue weighted by atomic mass is 9.78. The lowest BCUT2D eigenvalue weighted by Crippen LogP contribution is -2.69. The molecule has 4 fully saturated rings. The number of hydrogen-bond acceptors (Lipinski definition) is 7. The number of fused-ring (bicyclic) bond motifs is 1. The Labute approximate surface area is 172 Å². The van der Waals surface area contributed by atoms with Gasteiger partial charge in [-0.2, -0.15) is 0 Å². The maximum atomic E-state index is 12.9. The van der Waals surface area contributed by atoms with Crippen molar-refractivity contribution in [2.45, 2.75) is 68.3 Å². The first kappa shape index (κ1) is 20.2. The van der Waals surface area contributed by atoms with E-state index in [4.69, 9.17) is 4.74 Å². The summed E-state index contributed by atoms with van der Waals surface area (Å²) in [7, 11) is 0. The van der Waals surface area contributed by atoms with Gasteiger partial charge in [-0.05, 0) is 26.2 Å². The molecule has 10 heteroatoms. The molecule has 0 aromatic carbocycles. The number of hydrogen-bond donors (Lipinski definition) is 1. The van der Waals surface area contributed by atoms with Crippen molar-refractivity contribution in [1.29, 1.82) is 0 Å². The second kappa shape index (κ2) is 7.30. The number of nitrogens with one attached hydrogen (secondary N) is 1. The summed E-state index contributed by atoms with van der Waals surface area (Å²) in [4.78, 5) is 64.6. The van der Waals surface area contributed by atoms with E-state index in [1.807, 2.05) is 6.92 Å². The van der Waals surface area contributed by atoms with E-state index in [1.54, 1.807) is 16.7 Å². The van der Waals surface area contributed by atoms with Crippen molar-refractivity contribution in [3.05, 3.63) is 0 Å². The highest BCUT2D eigenvalue weighted by Gasteiger charge is 2.54. The number of amides is 4. The number of piperazine rings is 1. The van der Waals surface area contributed by atoms with Gasteiger partial charge in [-0.15, -0.1) is 11.8 Å². The molecule has 9 nitrogen and oxygen atoms in total. The molecule has 3 saturated heterocycles. The normalized spacial score (nSPS) is 31.1. The molecule has 3 aliphatic heterocycles. The van der Waals surface area contributed by atoms with E-state index in [0.717, 1.165) is 19.3 Å². The third-order valence-electron chi connectivity index (χ3n) is 6.53. The topological polar surface area (TPSA) is 113 Å². The predicted octanol–water partition coefficient (Wildman–Crippen LogP) is 0.172. The fourth-order valence-electron chi connectivity index (χ4n) is 4.96. The van der Waals surface area contributed by atoms with Crippen LogP contribution in [0.5, 0.6) is 0 Å². The molecule has 4 amide bonds. The number of carbonyl (C=O) groups excluding carboxylic acids is 5. The van der Waals surface area contributed by atoms with Gasteiger partial charge in [0, 0.05) is 12.2 Å². The van der Waals surface area contributed by atoms with E-state index >= 15 is 0 Å². The third-order valence-corrected chi connectivity index (χ3v) is 8.04. The van der Waals surface area contributed by atoms with Crippen LogP contribution < -0.4 is 5.32 Å². The van der Waals surface area contributed by atoms with Crippen LogP contribution in [-0.2, 0) is 28.7 Å². The Morgan fingerprint density at radius 3 is 2.62 bits per heavy atom. The van der Waals surface area contributed by atoms with E-state index in [0.29, 0.717) is 31.4 Å². The minimum Gasteiger partial charge on any atom is -0.454 e. The van der Waals surface area contributed by atoms with Gasteiger partial charge in [-0.25, -0.2) is 4.79 Å². The van der Waals surface area contributed by atoms with E-state index in [1.165, 1.54) is 4.90 Å². The molecule has 0 aromatic rings. The van der Waals surface area contributed by atoms with Gasteiger partial charge < -0.3 is 14.5 Å². The maximum Gasteiger partial charge on any atom is 0.330 e. The number of nitrogens with zero attached hydrogens (tertiary/aromatic N) is 2. The Balaban J connectivity index is 1.43. The first-order valence-corrected chi connectivity index (χ1v) is 11.0. The van der Waals surface area contributed by atoms with Crippen LogP contribution in [-0.4, -0.2) is 74.8 Å². The number of ether oxygens (including phenoxy) is 1. The molecule has 0 radical (unpaired) electrons. The molecule has 2 atom stereocenters. The summed E-state index contributed by atoms with van der Waals surface area (Å²) < 4.78 is 5.27. The lowest BCUT2D eigenvalue weighted by molar-refractivity contribution is -0.166. The van der Waals surface area contributed by atoms with E-state index in [-0.39, 0.29) is 12.5 Å². The van der Waals surface area contributed by atoms with Gasteiger partial charge >= 0.3 is 5.97 Å². The Bertz CT molecular complexity index is 780. The van der Waals surface area contributed by atoms with Gasteiger partial charge in [0.25, 0.3) is 11.8 Å². The average molecular weight is 423 g/mol. The van der Waals surface area contributed by atoms with Crippen LogP contribution in [0, 0.1) is 0 Å². The molecular formula is C19H25N3O6S. The molecule has 3 heterocycles. The van der Waals surface area contributed by atoms with E-state index in [2.05, 4.69) is 5.32 Å². The summed E-state index contributed by atoms with van der Waals surface area (Å²) in [5.41, 5.74) is -1.04. The third kappa shape index (κ3) is 3.31. The summed E-state index contributed by atoms with van der Waals surface area (Å²) in [6.45, 7) is 1.18. The van der Waals surface area contributed by atoms with Crippen LogP contribution in [0.2, 0.25) is 0 Å². The van der Waals surface area contributed by atoms with Crippen molar-refractivity contribution in [3.63, 3.8) is 0 Å². The summed E-state index contributed by atoms with van der Waals surface area (Å²) in [6, 6.07) is -0.706. The minimum absolute atomic E-state index is 0.0785. The SMILES string of the molecule is C[C@]12CCC(=O)N1[C@H](C(=O)OCC(=O)N1CC(=O)NC(=O)C13CCCCC3)CS2. The number of carbonyl (C=O) groups is 5. The zero-order valence-electron chi connectivity index (χ0n) is 16.4. The highest BCUT2D eigenvalue weighted by atomic mass is 32.2. The quantitative estimate of drug-likeness (QED) is 0.509. The molecule has 4 rings (SSSR count). The Morgan fingerprint density at radius 2 is 1.90 bits per heavy atom. The smallest absolute Gasteiger partial charge is 0.330 e. The molecule has 0 bridgehead atoms. The summed E-state index contributed by atoms with van der Waals surface area (Å²) in [5.74, 6) is -1.79. The molecular weight excluding hydrogens is 398 g/mol. The maximum absolute atomic E-state index is 12.9. The van der Waals surface area contributed by atoms with Gasteiger partial charge in [0.05, 0.1) is 4.87 Å². The van der Waals surface area contributed by atoms with Gasteiger partial charge in [-0.1, -0.05) is 19.3 Å². The zero-order chi connectivity index (χ0) is 20.8. The average Bonchev–Trinajstić information content (AvgIpc) is 3.19. The van der Waals surface area contributed by atoms with E-state index < -0.39 is 46.7 Å². The molecule has 0 unspecified atom stereocenters. The zero-order valence-corrected chi connectivity index (χ0v) is 17.2. The van der Waals surface area contributed by atoms with Crippen LogP contribution >= 0.6 is 11.8 Å².